The number of hydrogen-bond acceptors (Lipinski definition) is 11. The van der Waals surface area contributed by atoms with Gasteiger partial charge in [-0.25, -0.2) is 23.2 Å². The molecule has 0 bridgehead atoms. The number of ether oxygens (including phenoxy) is 2. The van der Waals surface area contributed by atoms with E-state index >= 15 is 0 Å². The number of carbonyl (C=O) groups is 2. The first kappa shape index (κ1) is 37.8. The Kier molecular flexibility index (Phi) is 11.8. The van der Waals surface area contributed by atoms with E-state index in [0.29, 0.717) is 35.1 Å². The Morgan fingerprint density at radius 3 is 2.37 bits per heavy atom. The van der Waals surface area contributed by atoms with Gasteiger partial charge in [0.25, 0.3) is 0 Å². The molecule has 5 rings (SSSR count). The number of fused-ring (bicyclic) bond motifs is 1. The van der Waals surface area contributed by atoms with Gasteiger partial charge in [0.15, 0.2) is 9.84 Å². The zero-order chi connectivity index (χ0) is 37.6. The van der Waals surface area contributed by atoms with Crippen molar-refractivity contribution in [3.63, 3.8) is 0 Å². The number of sulfone groups is 1. The van der Waals surface area contributed by atoms with E-state index in [2.05, 4.69) is 15.6 Å². The molecule has 0 aliphatic rings. The van der Waals surface area contributed by atoms with Gasteiger partial charge < -0.3 is 34.5 Å². The minimum absolute atomic E-state index is 0.161. The number of carbonyl (C=O) groups excluding carboxylic acids is 2. The van der Waals surface area contributed by atoms with Crippen LogP contribution in [-0.4, -0.2) is 92.9 Å². The quantitative estimate of drug-likeness (QED) is 0.127. The fraction of sp³-hybridized carbons (Fsp3) is 0.316. The number of amides is 1. The number of nitrogens with zero attached hydrogens (tertiary/aromatic N) is 5. The summed E-state index contributed by atoms with van der Waals surface area (Å²) in [5, 5.41) is 7.05. The molecule has 0 fully saturated rings. The van der Waals surface area contributed by atoms with Crippen molar-refractivity contribution in [1.29, 1.82) is 0 Å². The Balaban J connectivity index is 1.52. The van der Waals surface area contributed by atoms with Gasteiger partial charge in [-0.3, -0.25) is 4.79 Å². The summed E-state index contributed by atoms with van der Waals surface area (Å²) in [5.41, 5.74) is 3.79. The van der Waals surface area contributed by atoms with Gasteiger partial charge >= 0.3 is 5.97 Å². The van der Waals surface area contributed by atoms with Gasteiger partial charge in [-0.1, -0.05) is 36.4 Å². The largest absolute Gasteiger partial charge is 0.494 e. The lowest BCUT2D eigenvalue weighted by molar-refractivity contribution is -0.115. The number of esters is 1. The van der Waals surface area contributed by atoms with Crippen LogP contribution in [0.15, 0.2) is 84.0 Å². The molecule has 0 saturated carbocycles. The fourth-order valence-corrected chi connectivity index (χ4v) is 6.89. The van der Waals surface area contributed by atoms with Crippen LogP contribution < -0.4 is 20.3 Å². The van der Waals surface area contributed by atoms with Crippen molar-refractivity contribution >= 4 is 55.6 Å². The van der Waals surface area contributed by atoms with Crippen molar-refractivity contribution in [2.24, 2.45) is 7.05 Å². The third-order valence-corrected chi connectivity index (χ3v) is 10.1. The summed E-state index contributed by atoms with van der Waals surface area (Å²) in [6.07, 6.45) is 2.74. The second-order valence-electron chi connectivity index (χ2n) is 12.9. The maximum absolute atomic E-state index is 13.3. The number of likely N-dealkylation sites (N-methyl/N-ethyl adjacent to an activating group) is 2. The molecule has 52 heavy (non-hydrogen) atoms. The molecular formula is C38H45N7O6S. The predicted octanol–water partition coefficient (Wildman–Crippen LogP) is 5.75. The second-order valence-corrected chi connectivity index (χ2v) is 15.0. The molecule has 0 aliphatic heterocycles. The smallest absolute Gasteiger partial charge is 0.342 e. The molecule has 2 N–H and O–H groups in total. The zero-order valence-corrected chi connectivity index (χ0v) is 31.3. The van der Waals surface area contributed by atoms with Crippen molar-refractivity contribution in [2.75, 3.05) is 62.6 Å². The lowest BCUT2D eigenvalue weighted by atomic mass is 10.1. The predicted molar refractivity (Wildman–Crippen MR) is 204 cm³/mol. The maximum Gasteiger partial charge on any atom is 0.342 e. The topological polar surface area (TPSA) is 148 Å². The molecule has 0 saturated heterocycles. The molecule has 14 heteroatoms. The molecule has 0 spiro atoms. The number of aromatic nitrogens is 3. The van der Waals surface area contributed by atoms with E-state index in [1.807, 2.05) is 73.0 Å². The molecule has 274 valence electrons. The van der Waals surface area contributed by atoms with Crippen LogP contribution in [0.4, 0.5) is 23.0 Å². The molecular weight excluding hydrogens is 683 g/mol. The Morgan fingerprint density at radius 1 is 0.962 bits per heavy atom. The summed E-state index contributed by atoms with van der Waals surface area (Å²) in [5.74, 6) is -0.768. The van der Waals surface area contributed by atoms with Gasteiger partial charge in [-0.2, -0.15) is 0 Å². The minimum Gasteiger partial charge on any atom is -0.494 e. The van der Waals surface area contributed by atoms with Crippen LogP contribution in [0.3, 0.4) is 0 Å². The number of methoxy groups -OCH3 is 1. The molecule has 0 radical (unpaired) electrons. The van der Waals surface area contributed by atoms with Crippen LogP contribution >= 0.6 is 0 Å². The molecule has 0 atom stereocenters. The van der Waals surface area contributed by atoms with E-state index in [1.54, 1.807) is 44.2 Å². The Hall–Kier alpha value is -5.47. The average molecular weight is 728 g/mol. The van der Waals surface area contributed by atoms with Crippen LogP contribution in [-0.2, 0) is 26.4 Å². The lowest BCUT2D eigenvalue weighted by Crippen LogP contribution is -2.29. The molecule has 3 aromatic carbocycles. The lowest BCUT2D eigenvalue weighted by Gasteiger charge is -2.26. The van der Waals surface area contributed by atoms with Crippen molar-refractivity contribution < 1.29 is 27.5 Å². The number of anilines is 4. The fourth-order valence-electron chi connectivity index (χ4n) is 5.63. The van der Waals surface area contributed by atoms with Gasteiger partial charge in [-0.15, -0.1) is 0 Å². The highest BCUT2D eigenvalue weighted by Crippen LogP contribution is 2.39. The summed E-state index contributed by atoms with van der Waals surface area (Å²) in [4.78, 5) is 40.1. The molecule has 1 amide bonds. The molecule has 2 aromatic heterocycles. The monoisotopic (exact) mass is 727 g/mol. The number of para-hydroxylation sites is 1. The van der Waals surface area contributed by atoms with Crippen molar-refractivity contribution in [2.45, 2.75) is 31.3 Å². The first-order valence-corrected chi connectivity index (χ1v) is 18.5. The maximum atomic E-state index is 13.3. The van der Waals surface area contributed by atoms with Crippen LogP contribution in [0.5, 0.6) is 5.75 Å². The molecule has 5 aromatic rings. The van der Waals surface area contributed by atoms with E-state index in [4.69, 9.17) is 14.5 Å². The molecule has 13 nitrogen and oxygen atoms in total. The van der Waals surface area contributed by atoms with E-state index < -0.39 is 21.7 Å². The van der Waals surface area contributed by atoms with Crippen LogP contribution in [0.2, 0.25) is 0 Å². The SMILES string of the molecule is COc1cc(N(C)CCN(C)C)c(NC(=O)CCS(=O)(=O)c2ccccc2)cc1Nc1ncc(C(=O)OC(C)C)c(-c2cn(C)c3ccccc23)n1. The standard InChI is InChI=1S/C38H45N7O6S/c1-25(2)51-37(47)28-23-39-38(42-36(28)29-24-45(6)32-16-12-11-15-27(29)32)41-31-21-30(33(22-34(31)50-7)44(5)19-18-43(3)4)40-35(46)17-20-52(48,49)26-13-9-8-10-14-26/h8-16,21-25H,17-20H2,1-7H3,(H,40,46)(H,39,41,42). The number of rotatable bonds is 15. The third-order valence-electron chi connectivity index (χ3n) is 8.34. The Morgan fingerprint density at radius 2 is 1.67 bits per heavy atom. The van der Waals surface area contributed by atoms with Crippen molar-refractivity contribution in [3.8, 4) is 17.0 Å². The highest BCUT2D eigenvalue weighted by Gasteiger charge is 2.24. The van der Waals surface area contributed by atoms with Crippen molar-refractivity contribution in [3.05, 3.63) is 84.7 Å². The van der Waals surface area contributed by atoms with Gasteiger partial charge in [0.1, 0.15) is 11.3 Å². The van der Waals surface area contributed by atoms with E-state index in [0.717, 1.165) is 23.0 Å². The highest BCUT2D eigenvalue weighted by atomic mass is 32.2. The first-order valence-electron chi connectivity index (χ1n) is 16.8. The Bertz CT molecular complexity index is 2170. The second kappa shape index (κ2) is 16.3. The third kappa shape index (κ3) is 8.87. The molecule has 0 unspecified atom stereocenters. The summed E-state index contributed by atoms with van der Waals surface area (Å²) < 4.78 is 39.1. The summed E-state index contributed by atoms with van der Waals surface area (Å²) >= 11 is 0. The van der Waals surface area contributed by atoms with Crippen LogP contribution in [0.1, 0.15) is 30.6 Å². The van der Waals surface area contributed by atoms with Crippen molar-refractivity contribution in [1.82, 2.24) is 19.4 Å². The Labute approximate surface area is 304 Å². The van der Waals surface area contributed by atoms with Gasteiger partial charge in [0.05, 0.1) is 46.6 Å². The first-order chi connectivity index (χ1) is 24.8. The number of aryl methyl sites for hydroxylation is 1. The average Bonchev–Trinajstić information content (AvgIpc) is 3.46. The highest BCUT2D eigenvalue weighted by molar-refractivity contribution is 7.91. The van der Waals surface area contributed by atoms with Gasteiger partial charge in [0.2, 0.25) is 11.9 Å². The van der Waals surface area contributed by atoms with Gasteiger partial charge in [-0.05, 0) is 52.2 Å². The summed E-state index contributed by atoms with van der Waals surface area (Å²) in [6.45, 7) is 4.91. The minimum atomic E-state index is -3.67. The van der Waals surface area contributed by atoms with E-state index in [1.165, 1.54) is 25.4 Å². The summed E-state index contributed by atoms with van der Waals surface area (Å²) in [7, 11) is 5.63. The number of nitrogens with one attached hydrogen (secondary N) is 2. The van der Waals surface area contributed by atoms with Crippen LogP contribution in [0.25, 0.3) is 22.2 Å². The molecule has 0 aliphatic carbocycles. The number of hydrogen-bond donors (Lipinski definition) is 2. The van der Waals surface area contributed by atoms with E-state index in [9.17, 15) is 18.0 Å². The normalized spacial score (nSPS) is 11.6. The van der Waals surface area contributed by atoms with Crippen LogP contribution in [0, 0.1) is 0 Å². The van der Waals surface area contributed by atoms with E-state index in [-0.39, 0.29) is 34.7 Å². The number of benzene rings is 3. The summed E-state index contributed by atoms with van der Waals surface area (Å²) in [6, 6.07) is 19.4. The molecule has 2 heterocycles. The zero-order valence-electron chi connectivity index (χ0n) is 30.5. The van der Waals surface area contributed by atoms with Gasteiger partial charge in [0, 0.05) is 68.5 Å².